The topological polar surface area (TPSA) is 82.9 Å². The lowest BCUT2D eigenvalue weighted by Crippen LogP contribution is -2.05. The Morgan fingerprint density at radius 1 is 1.11 bits per heavy atom. The quantitative estimate of drug-likeness (QED) is 0.789. The largest absolute Gasteiger partial charge is 0.496 e. The zero-order valence-corrected chi connectivity index (χ0v) is 10.4. The monoisotopic (exact) mass is 247 g/mol. The minimum absolute atomic E-state index is 0.283. The third-order valence-corrected chi connectivity index (χ3v) is 2.38. The lowest BCUT2D eigenvalue weighted by molar-refractivity contribution is 0.175. The van der Waals surface area contributed by atoms with Gasteiger partial charge in [-0.25, -0.2) is 0 Å². The fraction of sp³-hybridized carbons (Fsp3) is 0.364. The molecule has 2 aromatic heterocycles. The number of rotatable bonds is 4. The second-order valence-electron chi connectivity index (χ2n) is 3.56. The minimum atomic E-state index is 0.283. The molecule has 0 saturated heterocycles. The molecule has 7 heteroatoms. The Morgan fingerprint density at radius 2 is 1.83 bits per heavy atom. The van der Waals surface area contributed by atoms with E-state index in [-0.39, 0.29) is 6.61 Å². The second kappa shape index (κ2) is 5.46. The molecule has 0 aromatic carbocycles. The van der Waals surface area contributed by atoms with E-state index in [1.807, 2.05) is 6.92 Å². The Bertz CT molecular complexity index is 529. The molecule has 0 aliphatic rings. The maximum atomic E-state index is 5.21. The molecule has 0 aliphatic carbocycles. The van der Waals surface area contributed by atoms with Gasteiger partial charge in [0.25, 0.3) is 0 Å². The van der Waals surface area contributed by atoms with Crippen molar-refractivity contribution in [2.24, 2.45) is 0 Å². The third-order valence-electron chi connectivity index (χ3n) is 2.38. The van der Waals surface area contributed by atoms with Crippen molar-refractivity contribution in [1.29, 1.82) is 0 Å². The van der Waals surface area contributed by atoms with E-state index in [4.69, 9.17) is 9.47 Å². The molecule has 2 rings (SSSR count). The van der Waals surface area contributed by atoms with Crippen molar-refractivity contribution in [2.75, 3.05) is 14.2 Å². The Labute approximate surface area is 104 Å². The van der Waals surface area contributed by atoms with Crippen molar-refractivity contribution in [3.8, 4) is 17.3 Å². The highest BCUT2D eigenvalue weighted by molar-refractivity contribution is 5.57. The van der Waals surface area contributed by atoms with E-state index in [0.717, 1.165) is 11.3 Å². The van der Waals surface area contributed by atoms with Gasteiger partial charge in [0.1, 0.15) is 18.1 Å². The predicted octanol–water partition coefficient (Wildman–Crippen LogP) is 0.792. The van der Waals surface area contributed by atoms with Crippen LogP contribution in [0.4, 0.5) is 0 Å². The van der Waals surface area contributed by atoms with E-state index in [1.54, 1.807) is 26.5 Å². The zero-order chi connectivity index (χ0) is 13.0. The number of hydrogen-bond donors (Lipinski definition) is 0. The maximum Gasteiger partial charge on any atom is 0.222 e. The molecule has 0 atom stereocenters. The fourth-order valence-corrected chi connectivity index (χ4v) is 1.50. The summed E-state index contributed by atoms with van der Waals surface area (Å²) in [5, 5.41) is 15.8. The zero-order valence-electron chi connectivity index (χ0n) is 10.4. The first-order valence-electron chi connectivity index (χ1n) is 5.31. The van der Waals surface area contributed by atoms with Crippen LogP contribution in [0.15, 0.2) is 12.3 Å². The van der Waals surface area contributed by atoms with Crippen LogP contribution in [0, 0.1) is 6.92 Å². The Balaban J connectivity index is 2.36. The second-order valence-corrected chi connectivity index (χ2v) is 3.56. The first kappa shape index (κ1) is 12.3. The van der Waals surface area contributed by atoms with Gasteiger partial charge in [-0.3, -0.25) is 4.98 Å². The summed E-state index contributed by atoms with van der Waals surface area (Å²) in [5.41, 5.74) is 1.46. The van der Waals surface area contributed by atoms with Crippen LogP contribution in [0.5, 0.6) is 5.75 Å². The van der Waals surface area contributed by atoms with Crippen LogP contribution in [-0.4, -0.2) is 39.6 Å². The summed E-state index contributed by atoms with van der Waals surface area (Å²) in [7, 11) is 3.16. The summed E-state index contributed by atoms with van der Waals surface area (Å²) in [6, 6.07) is 1.78. The number of ether oxygens (including phenoxy) is 2. The molecule has 18 heavy (non-hydrogen) atoms. The Hall–Kier alpha value is -2.15. The molecule has 2 aromatic rings. The summed E-state index contributed by atoms with van der Waals surface area (Å²) in [4.78, 5) is 4.22. The molecule has 0 aliphatic heterocycles. The van der Waals surface area contributed by atoms with Gasteiger partial charge in [0.2, 0.25) is 5.82 Å². The molecule has 0 spiro atoms. The third kappa shape index (κ3) is 2.40. The Kier molecular flexibility index (Phi) is 3.73. The number of methoxy groups -OCH3 is 2. The minimum Gasteiger partial charge on any atom is -0.496 e. The lowest BCUT2D eigenvalue weighted by Gasteiger charge is -2.07. The number of hydrogen-bond acceptors (Lipinski definition) is 7. The van der Waals surface area contributed by atoms with Gasteiger partial charge in [0.15, 0.2) is 5.82 Å². The summed E-state index contributed by atoms with van der Waals surface area (Å²) in [6.07, 6.45) is 1.63. The molecule has 94 valence electrons. The molecular formula is C11H13N5O2. The summed E-state index contributed by atoms with van der Waals surface area (Å²) in [5.74, 6) is 1.53. The molecule has 0 amide bonds. The van der Waals surface area contributed by atoms with Gasteiger partial charge in [-0.05, 0) is 13.0 Å². The molecule has 0 unspecified atom stereocenters. The van der Waals surface area contributed by atoms with E-state index in [2.05, 4.69) is 25.4 Å². The van der Waals surface area contributed by atoms with Crippen molar-refractivity contribution in [1.82, 2.24) is 25.4 Å². The van der Waals surface area contributed by atoms with Gasteiger partial charge in [0, 0.05) is 18.9 Å². The van der Waals surface area contributed by atoms with E-state index in [0.29, 0.717) is 17.3 Å². The van der Waals surface area contributed by atoms with Gasteiger partial charge in [-0.1, -0.05) is 0 Å². The smallest absolute Gasteiger partial charge is 0.222 e. The summed E-state index contributed by atoms with van der Waals surface area (Å²) in [6.45, 7) is 2.17. The maximum absolute atomic E-state index is 5.21. The first-order chi connectivity index (χ1) is 8.76. The van der Waals surface area contributed by atoms with Crippen LogP contribution in [0.1, 0.15) is 11.4 Å². The molecular weight excluding hydrogens is 234 g/mol. The van der Waals surface area contributed by atoms with Crippen LogP contribution in [0.3, 0.4) is 0 Å². The highest BCUT2D eigenvalue weighted by atomic mass is 16.5. The predicted molar refractivity (Wildman–Crippen MR) is 62.9 cm³/mol. The standard InChI is InChI=1S/C11H13N5O2/c1-7-8(18-3)4-5-12-10(7)11-15-13-9(6-17-2)14-16-11/h4-5H,6H2,1-3H3. The van der Waals surface area contributed by atoms with E-state index < -0.39 is 0 Å². The van der Waals surface area contributed by atoms with Crippen LogP contribution in [0.25, 0.3) is 11.5 Å². The highest BCUT2D eigenvalue weighted by Crippen LogP contribution is 2.24. The summed E-state index contributed by atoms with van der Waals surface area (Å²) < 4.78 is 10.1. The molecule has 2 heterocycles. The first-order valence-corrected chi connectivity index (χ1v) is 5.31. The fourth-order valence-electron chi connectivity index (χ4n) is 1.50. The normalized spacial score (nSPS) is 10.4. The molecule has 0 bridgehead atoms. The molecule has 0 fully saturated rings. The van der Waals surface area contributed by atoms with Gasteiger partial charge < -0.3 is 9.47 Å². The van der Waals surface area contributed by atoms with E-state index in [9.17, 15) is 0 Å². The van der Waals surface area contributed by atoms with E-state index >= 15 is 0 Å². The number of nitrogens with zero attached hydrogens (tertiary/aromatic N) is 5. The van der Waals surface area contributed by atoms with Gasteiger partial charge in [-0.2, -0.15) is 0 Å². The Morgan fingerprint density at radius 3 is 2.44 bits per heavy atom. The lowest BCUT2D eigenvalue weighted by atomic mass is 10.2. The van der Waals surface area contributed by atoms with Crippen LogP contribution in [0.2, 0.25) is 0 Å². The van der Waals surface area contributed by atoms with Gasteiger partial charge in [-0.15, -0.1) is 20.4 Å². The van der Waals surface area contributed by atoms with Crippen molar-refractivity contribution in [2.45, 2.75) is 13.5 Å². The molecule has 0 radical (unpaired) electrons. The number of pyridine rings is 1. The SMILES string of the molecule is COCc1nnc(-c2nccc(OC)c2C)nn1. The van der Waals surface area contributed by atoms with Crippen LogP contribution >= 0.6 is 0 Å². The molecule has 0 saturated carbocycles. The van der Waals surface area contributed by atoms with Crippen molar-refractivity contribution in [3.63, 3.8) is 0 Å². The van der Waals surface area contributed by atoms with Crippen molar-refractivity contribution in [3.05, 3.63) is 23.7 Å². The number of aromatic nitrogens is 5. The molecule has 0 N–H and O–H groups in total. The van der Waals surface area contributed by atoms with Crippen LogP contribution in [-0.2, 0) is 11.3 Å². The van der Waals surface area contributed by atoms with Gasteiger partial charge >= 0.3 is 0 Å². The summed E-state index contributed by atoms with van der Waals surface area (Å²) >= 11 is 0. The van der Waals surface area contributed by atoms with Gasteiger partial charge in [0.05, 0.1) is 7.11 Å². The van der Waals surface area contributed by atoms with Crippen molar-refractivity contribution < 1.29 is 9.47 Å². The average molecular weight is 247 g/mol. The highest BCUT2D eigenvalue weighted by Gasteiger charge is 2.12. The molecule has 7 nitrogen and oxygen atoms in total. The van der Waals surface area contributed by atoms with Crippen LogP contribution < -0.4 is 4.74 Å². The van der Waals surface area contributed by atoms with Crippen molar-refractivity contribution >= 4 is 0 Å². The van der Waals surface area contributed by atoms with E-state index in [1.165, 1.54) is 0 Å². The average Bonchev–Trinajstić information content (AvgIpc) is 2.41.